The molecule has 0 saturated carbocycles. The van der Waals surface area contributed by atoms with E-state index in [1.807, 2.05) is 0 Å². The summed E-state index contributed by atoms with van der Waals surface area (Å²) >= 11 is 0. The van der Waals surface area contributed by atoms with Crippen molar-refractivity contribution in [2.24, 2.45) is 0 Å². The average Bonchev–Trinajstić information content (AvgIpc) is 3.24. The lowest BCUT2D eigenvalue weighted by molar-refractivity contribution is -0.223. The van der Waals surface area contributed by atoms with Crippen LogP contribution in [0.3, 0.4) is 0 Å². The molecule has 3 heterocycles. The molecule has 4 rings (SSSR count). The van der Waals surface area contributed by atoms with E-state index in [1.54, 1.807) is 27.7 Å². The van der Waals surface area contributed by atoms with Crippen LogP contribution in [0.2, 0.25) is 0 Å². The summed E-state index contributed by atoms with van der Waals surface area (Å²) < 4.78 is 69.0. The third-order valence-corrected chi connectivity index (χ3v) is 5.49. The molecule has 3 saturated heterocycles. The molecule has 1 N–H and O–H groups in total. The first-order chi connectivity index (χ1) is 14.3. The average molecular weight is 445 g/mol. The van der Waals surface area contributed by atoms with Gasteiger partial charge < -0.3 is 29.0 Å². The Morgan fingerprint density at radius 3 is 2.42 bits per heavy atom. The molecule has 7 nitrogen and oxygen atoms in total. The van der Waals surface area contributed by atoms with Crippen LogP contribution in [-0.4, -0.2) is 54.7 Å². The highest BCUT2D eigenvalue weighted by atomic mass is 19.4. The molecule has 5 atom stereocenters. The SMILES string of the molecule is CC1(C)OCC([C@H]2O[C@@H]3OC(C)(C)O[C@@H]3[C@@H]2NC(=O)Cc2ccccc2C(F)(F)F)O1. The third-order valence-electron chi connectivity index (χ3n) is 5.49. The number of alkyl halides is 3. The van der Waals surface area contributed by atoms with Crippen LogP contribution >= 0.6 is 0 Å². The van der Waals surface area contributed by atoms with Crippen LogP contribution in [0.4, 0.5) is 13.2 Å². The number of carbonyl (C=O) groups excluding carboxylic acids is 1. The van der Waals surface area contributed by atoms with Crippen molar-refractivity contribution >= 4 is 5.91 Å². The first-order valence-electron chi connectivity index (χ1n) is 10.1. The smallest absolute Gasteiger partial charge is 0.348 e. The normalized spacial score (nSPS) is 34.0. The van der Waals surface area contributed by atoms with Crippen molar-refractivity contribution in [2.45, 2.75) is 82.5 Å². The minimum Gasteiger partial charge on any atom is -0.348 e. The standard InChI is InChI=1S/C21H26F3NO6/c1-19(2)27-10-13(29-19)16-15(17-18(28-16)31-20(3,4)30-17)25-14(26)9-11-7-5-6-8-12(11)21(22,23)24/h5-8,13,15-18H,9-10H2,1-4H3,(H,25,26)/t13?,15-,16-,17-,18-/m1/s1. The molecule has 0 bridgehead atoms. The molecule has 0 radical (unpaired) electrons. The van der Waals surface area contributed by atoms with E-state index < -0.39 is 66.3 Å². The Morgan fingerprint density at radius 1 is 1.06 bits per heavy atom. The summed E-state index contributed by atoms with van der Waals surface area (Å²) in [5.74, 6) is -2.31. The molecular weight excluding hydrogens is 419 g/mol. The van der Waals surface area contributed by atoms with E-state index in [0.717, 1.165) is 6.07 Å². The van der Waals surface area contributed by atoms with E-state index in [-0.39, 0.29) is 12.2 Å². The predicted molar refractivity (Wildman–Crippen MR) is 101 cm³/mol. The lowest BCUT2D eigenvalue weighted by Crippen LogP contribution is -2.53. The van der Waals surface area contributed by atoms with Crippen molar-refractivity contribution in [3.8, 4) is 0 Å². The van der Waals surface area contributed by atoms with Gasteiger partial charge in [-0.05, 0) is 39.3 Å². The molecular formula is C21H26F3NO6. The minimum absolute atomic E-state index is 0.106. The van der Waals surface area contributed by atoms with Gasteiger partial charge in [0.05, 0.1) is 24.6 Å². The van der Waals surface area contributed by atoms with Crippen LogP contribution in [0, 0.1) is 0 Å². The number of hydrogen-bond donors (Lipinski definition) is 1. The Balaban J connectivity index is 1.52. The van der Waals surface area contributed by atoms with E-state index in [4.69, 9.17) is 23.7 Å². The Hall–Kier alpha value is -1.72. The molecule has 1 aromatic carbocycles. The Morgan fingerprint density at radius 2 is 1.77 bits per heavy atom. The molecule has 3 fully saturated rings. The number of halogens is 3. The summed E-state index contributed by atoms with van der Waals surface area (Å²) in [5.41, 5.74) is -0.942. The molecule has 3 aliphatic rings. The van der Waals surface area contributed by atoms with Crippen LogP contribution in [0.25, 0.3) is 0 Å². The highest BCUT2D eigenvalue weighted by molar-refractivity contribution is 5.79. The van der Waals surface area contributed by atoms with Gasteiger partial charge in [0.2, 0.25) is 5.91 Å². The van der Waals surface area contributed by atoms with Crippen molar-refractivity contribution in [1.82, 2.24) is 5.32 Å². The fraction of sp³-hybridized carbons (Fsp3) is 0.667. The topological polar surface area (TPSA) is 75.3 Å². The predicted octanol–water partition coefficient (Wildman–Crippen LogP) is 2.76. The van der Waals surface area contributed by atoms with Gasteiger partial charge in [-0.15, -0.1) is 0 Å². The van der Waals surface area contributed by atoms with Gasteiger partial charge in [0, 0.05) is 0 Å². The van der Waals surface area contributed by atoms with Gasteiger partial charge in [-0.25, -0.2) is 0 Å². The Bertz CT molecular complexity index is 843. The van der Waals surface area contributed by atoms with Gasteiger partial charge in [-0.2, -0.15) is 13.2 Å². The lowest BCUT2D eigenvalue weighted by Gasteiger charge is -2.29. The lowest BCUT2D eigenvalue weighted by atomic mass is 10.0. The highest BCUT2D eigenvalue weighted by Gasteiger charge is 2.58. The maximum absolute atomic E-state index is 13.3. The van der Waals surface area contributed by atoms with Crippen LogP contribution in [0.5, 0.6) is 0 Å². The van der Waals surface area contributed by atoms with Crippen molar-refractivity contribution in [3.05, 3.63) is 35.4 Å². The molecule has 31 heavy (non-hydrogen) atoms. The van der Waals surface area contributed by atoms with E-state index in [2.05, 4.69) is 5.32 Å². The number of amides is 1. The second-order valence-corrected chi connectivity index (χ2v) is 8.86. The second kappa shape index (κ2) is 7.70. The first-order valence-corrected chi connectivity index (χ1v) is 10.1. The number of hydrogen-bond acceptors (Lipinski definition) is 6. The molecule has 1 unspecified atom stereocenters. The van der Waals surface area contributed by atoms with Gasteiger partial charge in [0.1, 0.15) is 18.3 Å². The summed E-state index contributed by atoms with van der Waals surface area (Å²) in [7, 11) is 0. The van der Waals surface area contributed by atoms with Gasteiger partial charge in [0.25, 0.3) is 0 Å². The second-order valence-electron chi connectivity index (χ2n) is 8.86. The maximum Gasteiger partial charge on any atom is 0.416 e. The fourth-order valence-electron chi connectivity index (χ4n) is 4.25. The number of benzene rings is 1. The van der Waals surface area contributed by atoms with Crippen LogP contribution in [-0.2, 0) is 41.1 Å². The van der Waals surface area contributed by atoms with Crippen molar-refractivity contribution in [2.75, 3.05) is 6.61 Å². The molecule has 0 aliphatic carbocycles. The molecule has 0 spiro atoms. The van der Waals surface area contributed by atoms with E-state index >= 15 is 0 Å². The monoisotopic (exact) mass is 445 g/mol. The zero-order chi connectivity index (χ0) is 22.6. The molecule has 0 aromatic heterocycles. The van der Waals surface area contributed by atoms with Gasteiger partial charge in [-0.3, -0.25) is 4.79 Å². The largest absolute Gasteiger partial charge is 0.416 e. The zero-order valence-electron chi connectivity index (χ0n) is 17.7. The Kier molecular flexibility index (Phi) is 5.58. The summed E-state index contributed by atoms with van der Waals surface area (Å²) in [4.78, 5) is 12.8. The van der Waals surface area contributed by atoms with Crippen LogP contribution < -0.4 is 5.32 Å². The quantitative estimate of drug-likeness (QED) is 0.768. The number of fused-ring (bicyclic) bond motifs is 1. The minimum atomic E-state index is -4.55. The number of nitrogens with one attached hydrogen (secondary N) is 1. The van der Waals surface area contributed by atoms with Gasteiger partial charge in [-0.1, -0.05) is 18.2 Å². The summed E-state index contributed by atoms with van der Waals surface area (Å²) in [5, 5.41) is 2.80. The number of rotatable bonds is 4. The summed E-state index contributed by atoms with van der Waals surface area (Å²) in [6.45, 7) is 7.21. The van der Waals surface area contributed by atoms with Gasteiger partial charge in [0.15, 0.2) is 17.9 Å². The molecule has 3 aliphatic heterocycles. The van der Waals surface area contributed by atoms with E-state index in [9.17, 15) is 18.0 Å². The van der Waals surface area contributed by atoms with E-state index in [0.29, 0.717) is 0 Å². The third kappa shape index (κ3) is 4.73. The molecule has 10 heteroatoms. The van der Waals surface area contributed by atoms with Crippen molar-refractivity contribution in [3.63, 3.8) is 0 Å². The maximum atomic E-state index is 13.3. The summed E-state index contributed by atoms with van der Waals surface area (Å²) in [6, 6.07) is 4.34. The molecule has 1 aromatic rings. The Labute approximate surface area is 178 Å². The number of carbonyl (C=O) groups is 1. The zero-order valence-corrected chi connectivity index (χ0v) is 17.7. The fourth-order valence-corrected chi connectivity index (χ4v) is 4.25. The number of ether oxygens (including phenoxy) is 5. The highest BCUT2D eigenvalue weighted by Crippen LogP contribution is 2.41. The molecule has 1 amide bonds. The van der Waals surface area contributed by atoms with E-state index in [1.165, 1.54) is 18.2 Å². The van der Waals surface area contributed by atoms with Crippen LogP contribution in [0.1, 0.15) is 38.8 Å². The van der Waals surface area contributed by atoms with Crippen LogP contribution in [0.15, 0.2) is 24.3 Å². The van der Waals surface area contributed by atoms with Crippen molar-refractivity contribution < 1.29 is 41.7 Å². The molecule has 172 valence electrons. The van der Waals surface area contributed by atoms with Gasteiger partial charge >= 0.3 is 6.18 Å². The first kappa shape index (κ1) is 22.5. The van der Waals surface area contributed by atoms with Crippen molar-refractivity contribution in [1.29, 1.82) is 0 Å². The summed E-state index contributed by atoms with van der Waals surface area (Å²) in [6.07, 6.45) is -7.49.